The predicted octanol–water partition coefficient (Wildman–Crippen LogP) is 2.17. The summed E-state index contributed by atoms with van der Waals surface area (Å²) in [6, 6.07) is 0.447. The van der Waals surface area contributed by atoms with Gasteiger partial charge < -0.3 is 10.6 Å². The third-order valence-electron chi connectivity index (χ3n) is 4.09. The lowest BCUT2D eigenvalue weighted by atomic mass is 10.0. The number of carbonyl (C=O) groups is 1. The van der Waals surface area contributed by atoms with Crippen LogP contribution < -0.4 is 10.6 Å². The number of nitrogens with one attached hydrogen (secondary N) is 2. The van der Waals surface area contributed by atoms with Crippen LogP contribution >= 0.6 is 11.8 Å². The SMILES string of the molecule is CCSC1CCC(NC(=O)CCC2CCNC2)C1. The van der Waals surface area contributed by atoms with Gasteiger partial charge in [0.05, 0.1) is 0 Å². The second kappa shape index (κ2) is 7.39. The van der Waals surface area contributed by atoms with Crippen LogP contribution in [0.4, 0.5) is 0 Å². The molecule has 0 bridgehead atoms. The largest absolute Gasteiger partial charge is 0.353 e. The standard InChI is InChI=1S/C14H26N2OS/c1-2-18-13-5-4-12(9-13)16-14(17)6-3-11-7-8-15-10-11/h11-13,15H,2-10H2,1H3,(H,16,17). The first-order valence-corrected chi connectivity index (χ1v) is 8.44. The minimum atomic E-state index is 0.272. The summed E-state index contributed by atoms with van der Waals surface area (Å²) in [5.74, 6) is 2.19. The van der Waals surface area contributed by atoms with Crippen LogP contribution in [-0.4, -0.2) is 36.0 Å². The molecule has 0 spiro atoms. The second-order valence-corrected chi connectivity index (χ2v) is 7.13. The van der Waals surface area contributed by atoms with E-state index in [2.05, 4.69) is 17.6 Å². The molecular formula is C14H26N2OS. The molecule has 0 aromatic heterocycles. The molecule has 1 aliphatic carbocycles. The summed E-state index contributed by atoms with van der Waals surface area (Å²) in [6.07, 6.45) is 6.64. The van der Waals surface area contributed by atoms with Gasteiger partial charge in [-0.25, -0.2) is 0 Å². The van der Waals surface area contributed by atoms with Crippen molar-refractivity contribution >= 4 is 17.7 Å². The Kier molecular flexibility index (Phi) is 5.83. The van der Waals surface area contributed by atoms with E-state index in [0.29, 0.717) is 12.5 Å². The number of hydrogen-bond donors (Lipinski definition) is 2. The molecule has 2 rings (SSSR count). The van der Waals surface area contributed by atoms with E-state index < -0.39 is 0 Å². The maximum absolute atomic E-state index is 11.9. The van der Waals surface area contributed by atoms with E-state index in [1.165, 1.54) is 31.4 Å². The maximum atomic E-state index is 11.9. The average Bonchev–Trinajstić information content (AvgIpc) is 2.99. The number of thioether (sulfide) groups is 1. The summed E-state index contributed by atoms with van der Waals surface area (Å²) in [6.45, 7) is 4.45. The molecule has 0 aromatic carbocycles. The van der Waals surface area contributed by atoms with E-state index in [-0.39, 0.29) is 5.91 Å². The molecule has 1 aliphatic heterocycles. The highest BCUT2D eigenvalue weighted by atomic mass is 32.2. The van der Waals surface area contributed by atoms with Crippen molar-refractivity contribution in [1.29, 1.82) is 0 Å². The summed E-state index contributed by atoms with van der Waals surface area (Å²) in [4.78, 5) is 11.9. The Morgan fingerprint density at radius 1 is 1.39 bits per heavy atom. The highest BCUT2D eigenvalue weighted by Gasteiger charge is 2.25. The van der Waals surface area contributed by atoms with Gasteiger partial charge in [-0.1, -0.05) is 6.92 Å². The van der Waals surface area contributed by atoms with Crippen molar-refractivity contribution in [3.8, 4) is 0 Å². The van der Waals surface area contributed by atoms with E-state index in [9.17, 15) is 4.79 Å². The van der Waals surface area contributed by atoms with Crippen LogP contribution in [-0.2, 0) is 4.79 Å². The molecule has 1 amide bonds. The Labute approximate surface area is 115 Å². The average molecular weight is 270 g/mol. The van der Waals surface area contributed by atoms with Crippen LogP contribution in [0.5, 0.6) is 0 Å². The zero-order valence-corrected chi connectivity index (χ0v) is 12.2. The van der Waals surface area contributed by atoms with Gasteiger partial charge in [-0.2, -0.15) is 11.8 Å². The van der Waals surface area contributed by atoms with Crippen molar-refractivity contribution in [1.82, 2.24) is 10.6 Å². The minimum Gasteiger partial charge on any atom is -0.353 e. The van der Waals surface area contributed by atoms with Gasteiger partial charge in [-0.15, -0.1) is 0 Å². The minimum absolute atomic E-state index is 0.272. The van der Waals surface area contributed by atoms with Gasteiger partial charge in [0.25, 0.3) is 0 Å². The molecule has 18 heavy (non-hydrogen) atoms. The molecular weight excluding hydrogens is 244 g/mol. The Morgan fingerprint density at radius 2 is 2.28 bits per heavy atom. The van der Waals surface area contributed by atoms with Crippen LogP contribution in [0.3, 0.4) is 0 Å². The van der Waals surface area contributed by atoms with Crippen molar-refractivity contribution in [3.05, 3.63) is 0 Å². The first kappa shape index (κ1) is 14.2. The summed E-state index contributed by atoms with van der Waals surface area (Å²) < 4.78 is 0. The molecule has 1 saturated heterocycles. The third-order valence-corrected chi connectivity index (χ3v) is 5.33. The van der Waals surface area contributed by atoms with Gasteiger partial charge in [0.1, 0.15) is 0 Å². The van der Waals surface area contributed by atoms with Gasteiger partial charge in [0.2, 0.25) is 5.91 Å². The van der Waals surface area contributed by atoms with Crippen LogP contribution in [0, 0.1) is 5.92 Å². The summed E-state index contributed by atoms with van der Waals surface area (Å²) in [5, 5.41) is 7.35. The molecule has 3 unspecified atom stereocenters. The van der Waals surface area contributed by atoms with E-state index >= 15 is 0 Å². The molecule has 3 nitrogen and oxygen atoms in total. The number of amides is 1. The van der Waals surface area contributed by atoms with Crippen molar-refractivity contribution < 1.29 is 4.79 Å². The molecule has 104 valence electrons. The second-order valence-electron chi connectivity index (χ2n) is 5.55. The Bertz CT molecular complexity index is 267. The van der Waals surface area contributed by atoms with E-state index in [1.807, 2.05) is 11.8 Å². The van der Waals surface area contributed by atoms with Gasteiger partial charge in [-0.3, -0.25) is 4.79 Å². The van der Waals surface area contributed by atoms with Gasteiger partial charge in [0, 0.05) is 17.7 Å². The Balaban J connectivity index is 1.59. The number of rotatable bonds is 6. The number of carbonyl (C=O) groups excluding carboxylic acids is 1. The quantitative estimate of drug-likeness (QED) is 0.777. The lowest BCUT2D eigenvalue weighted by Gasteiger charge is -2.14. The van der Waals surface area contributed by atoms with E-state index in [4.69, 9.17) is 0 Å². The number of hydrogen-bond acceptors (Lipinski definition) is 3. The van der Waals surface area contributed by atoms with Crippen molar-refractivity contribution in [2.75, 3.05) is 18.8 Å². The molecule has 3 atom stereocenters. The fraction of sp³-hybridized carbons (Fsp3) is 0.929. The normalized spacial score (nSPS) is 31.7. The molecule has 1 heterocycles. The molecule has 2 N–H and O–H groups in total. The zero-order chi connectivity index (χ0) is 12.8. The predicted molar refractivity (Wildman–Crippen MR) is 77.9 cm³/mol. The lowest BCUT2D eigenvalue weighted by molar-refractivity contribution is -0.122. The van der Waals surface area contributed by atoms with Gasteiger partial charge >= 0.3 is 0 Å². The summed E-state index contributed by atoms with van der Waals surface area (Å²) in [7, 11) is 0. The van der Waals surface area contributed by atoms with Crippen LogP contribution in [0.25, 0.3) is 0 Å². The van der Waals surface area contributed by atoms with Crippen LogP contribution in [0.1, 0.15) is 45.4 Å². The lowest BCUT2D eigenvalue weighted by Crippen LogP contribution is -2.33. The van der Waals surface area contributed by atoms with Crippen molar-refractivity contribution in [2.24, 2.45) is 5.92 Å². The van der Waals surface area contributed by atoms with Gasteiger partial charge in [-0.05, 0) is 56.9 Å². The zero-order valence-electron chi connectivity index (χ0n) is 11.4. The van der Waals surface area contributed by atoms with Crippen LogP contribution in [0.15, 0.2) is 0 Å². The molecule has 4 heteroatoms. The highest BCUT2D eigenvalue weighted by Crippen LogP contribution is 2.29. The van der Waals surface area contributed by atoms with E-state index in [0.717, 1.165) is 30.7 Å². The van der Waals surface area contributed by atoms with Crippen molar-refractivity contribution in [2.45, 2.75) is 56.7 Å². The molecule has 2 fully saturated rings. The molecule has 1 saturated carbocycles. The van der Waals surface area contributed by atoms with E-state index in [1.54, 1.807) is 0 Å². The Morgan fingerprint density at radius 3 is 3.00 bits per heavy atom. The van der Waals surface area contributed by atoms with Crippen LogP contribution in [0.2, 0.25) is 0 Å². The monoisotopic (exact) mass is 270 g/mol. The molecule has 0 aromatic rings. The topological polar surface area (TPSA) is 41.1 Å². The fourth-order valence-electron chi connectivity index (χ4n) is 3.05. The third kappa shape index (κ3) is 4.47. The summed E-state index contributed by atoms with van der Waals surface area (Å²) >= 11 is 2.04. The first-order chi connectivity index (χ1) is 8.78. The fourth-order valence-corrected chi connectivity index (χ4v) is 4.20. The Hall–Kier alpha value is -0.220. The molecule has 0 radical (unpaired) electrons. The highest BCUT2D eigenvalue weighted by molar-refractivity contribution is 7.99. The summed E-state index contributed by atoms with van der Waals surface area (Å²) in [5.41, 5.74) is 0. The maximum Gasteiger partial charge on any atom is 0.220 e. The van der Waals surface area contributed by atoms with Crippen molar-refractivity contribution in [3.63, 3.8) is 0 Å². The van der Waals surface area contributed by atoms with Gasteiger partial charge in [0.15, 0.2) is 0 Å². The first-order valence-electron chi connectivity index (χ1n) is 7.39. The smallest absolute Gasteiger partial charge is 0.220 e. The molecule has 2 aliphatic rings.